The first-order chi connectivity index (χ1) is 27.3. The van der Waals surface area contributed by atoms with Crippen molar-refractivity contribution in [3.05, 3.63) is 199 Å². The quantitative estimate of drug-likeness (QED) is 0.173. The van der Waals surface area contributed by atoms with Crippen molar-refractivity contribution in [2.24, 2.45) is 0 Å². The Labute approximate surface area is 317 Å². The molecule has 258 valence electrons. The number of rotatable bonds is 6. The first-order valence-corrected chi connectivity index (χ1v) is 18.7. The van der Waals surface area contributed by atoms with E-state index in [1.165, 1.54) is 43.4 Å². The molecular formula is C50H33N5. The van der Waals surface area contributed by atoms with Crippen molar-refractivity contribution in [1.82, 2.24) is 24.1 Å². The van der Waals surface area contributed by atoms with Gasteiger partial charge in [0, 0.05) is 50.5 Å². The first kappa shape index (κ1) is 31.2. The van der Waals surface area contributed by atoms with E-state index >= 15 is 0 Å². The molecule has 0 aliphatic rings. The number of fused-ring (bicyclic) bond motifs is 8. The van der Waals surface area contributed by atoms with Crippen molar-refractivity contribution in [1.29, 1.82) is 0 Å². The molecule has 0 bridgehead atoms. The highest BCUT2D eigenvalue weighted by Crippen LogP contribution is 2.42. The highest BCUT2D eigenvalue weighted by Gasteiger charge is 2.21. The molecule has 3 aromatic heterocycles. The normalized spacial score (nSPS) is 11.7. The van der Waals surface area contributed by atoms with E-state index in [2.05, 4.69) is 161 Å². The Morgan fingerprint density at radius 2 is 0.982 bits per heavy atom. The van der Waals surface area contributed by atoms with E-state index < -0.39 is 0 Å². The highest BCUT2D eigenvalue weighted by molar-refractivity contribution is 6.25. The van der Waals surface area contributed by atoms with Crippen LogP contribution in [0, 0.1) is 0 Å². The third kappa shape index (κ3) is 5.12. The second-order valence-electron chi connectivity index (χ2n) is 14.0. The van der Waals surface area contributed by atoms with Crippen LogP contribution >= 0.6 is 0 Å². The fourth-order valence-corrected chi connectivity index (χ4v) is 8.34. The molecule has 11 rings (SSSR count). The minimum Gasteiger partial charge on any atom is -0.309 e. The number of para-hydroxylation sites is 3. The van der Waals surface area contributed by atoms with E-state index in [1.54, 1.807) is 0 Å². The SMILES string of the molecule is c1ccc(-c2nc(Cc3ccccc3-n3c4ccccc4c4cc5c6c7ccccc7ccc6n(-c6ccccc6)c5cc43)nc(-c3ccccc3)n2)cc1. The summed E-state index contributed by atoms with van der Waals surface area (Å²) < 4.78 is 4.85. The lowest BCUT2D eigenvalue weighted by Gasteiger charge is -2.15. The Morgan fingerprint density at radius 3 is 1.73 bits per heavy atom. The van der Waals surface area contributed by atoms with Gasteiger partial charge in [-0.3, -0.25) is 0 Å². The van der Waals surface area contributed by atoms with Gasteiger partial charge in [0.05, 0.1) is 22.1 Å². The molecule has 0 saturated heterocycles. The van der Waals surface area contributed by atoms with Gasteiger partial charge in [-0.25, -0.2) is 15.0 Å². The Bertz CT molecular complexity index is 3160. The summed E-state index contributed by atoms with van der Waals surface area (Å²) in [5.74, 6) is 2.06. The summed E-state index contributed by atoms with van der Waals surface area (Å²) >= 11 is 0. The molecule has 0 saturated carbocycles. The zero-order valence-electron chi connectivity index (χ0n) is 29.8. The number of hydrogen-bond donors (Lipinski definition) is 0. The lowest BCUT2D eigenvalue weighted by molar-refractivity contribution is 0.925. The van der Waals surface area contributed by atoms with Crippen molar-refractivity contribution in [3.63, 3.8) is 0 Å². The van der Waals surface area contributed by atoms with E-state index in [4.69, 9.17) is 15.0 Å². The fourth-order valence-electron chi connectivity index (χ4n) is 8.34. The van der Waals surface area contributed by atoms with Gasteiger partial charge >= 0.3 is 0 Å². The molecule has 5 heteroatoms. The summed E-state index contributed by atoms with van der Waals surface area (Å²) in [4.78, 5) is 15.1. The second kappa shape index (κ2) is 12.6. The predicted octanol–water partition coefficient (Wildman–Crippen LogP) is 12.1. The zero-order valence-corrected chi connectivity index (χ0v) is 29.8. The van der Waals surface area contributed by atoms with Crippen LogP contribution in [0.3, 0.4) is 0 Å². The monoisotopic (exact) mass is 703 g/mol. The van der Waals surface area contributed by atoms with Gasteiger partial charge in [0.25, 0.3) is 0 Å². The molecule has 0 unspecified atom stereocenters. The van der Waals surface area contributed by atoms with Crippen LogP contribution in [0.15, 0.2) is 188 Å². The maximum Gasteiger partial charge on any atom is 0.163 e. The smallest absolute Gasteiger partial charge is 0.163 e. The molecule has 11 aromatic rings. The van der Waals surface area contributed by atoms with Crippen LogP contribution in [0.2, 0.25) is 0 Å². The van der Waals surface area contributed by atoms with Crippen LogP contribution in [0.1, 0.15) is 11.4 Å². The molecule has 0 radical (unpaired) electrons. The molecule has 55 heavy (non-hydrogen) atoms. The van der Waals surface area contributed by atoms with Gasteiger partial charge in [-0.1, -0.05) is 146 Å². The molecule has 0 atom stereocenters. The summed E-state index contributed by atoms with van der Waals surface area (Å²) in [6.07, 6.45) is 0.533. The average Bonchev–Trinajstić information content (AvgIpc) is 3.76. The maximum absolute atomic E-state index is 5.07. The summed E-state index contributed by atoms with van der Waals surface area (Å²) in [6, 6.07) is 66.6. The topological polar surface area (TPSA) is 48.5 Å². The van der Waals surface area contributed by atoms with E-state index in [-0.39, 0.29) is 0 Å². The second-order valence-corrected chi connectivity index (χ2v) is 14.0. The summed E-state index contributed by atoms with van der Waals surface area (Å²) in [7, 11) is 0. The summed E-state index contributed by atoms with van der Waals surface area (Å²) in [5.41, 5.74) is 9.96. The summed E-state index contributed by atoms with van der Waals surface area (Å²) in [6.45, 7) is 0. The van der Waals surface area contributed by atoms with Crippen LogP contribution < -0.4 is 0 Å². The van der Waals surface area contributed by atoms with Crippen LogP contribution in [-0.2, 0) is 6.42 Å². The standard InChI is InChI=1S/C50H33N5/c1-4-17-34(18-5-1)49-51-47(52-50(53-49)35-19-6-2-7-20-35)30-36-21-11-14-26-42(36)55-43-27-15-13-25-39(43)40-31-41-46(32-45(40)55)54(37-22-8-3-9-23-37)44-29-28-33-16-10-12-24-38(33)48(41)44/h1-29,31-32H,30H2. The van der Waals surface area contributed by atoms with E-state index in [0.29, 0.717) is 18.1 Å². The predicted molar refractivity (Wildman–Crippen MR) is 226 cm³/mol. The molecule has 5 nitrogen and oxygen atoms in total. The average molecular weight is 704 g/mol. The third-order valence-electron chi connectivity index (χ3n) is 10.8. The molecule has 0 aliphatic carbocycles. The lowest BCUT2D eigenvalue weighted by atomic mass is 10.0. The van der Waals surface area contributed by atoms with Crippen LogP contribution in [-0.4, -0.2) is 24.1 Å². The number of nitrogens with zero attached hydrogens (tertiary/aromatic N) is 5. The molecule has 0 fully saturated rings. The Morgan fingerprint density at radius 1 is 0.382 bits per heavy atom. The Hall–Kier alpha value is -7.37. The number of hydrogen-bond acceptors (Lipinski definition) is 3. The Balaban J connectivity index is 1.16. The van der Waals surface area contributed by atoms with Gasteiger partial charge < -0.3 is 9.13 Å². The fraction of sp³-hybridized carbons (Fsp3) is 0.0200. The lowest BCUT2D eigenvalue weighted by Crippen LogP contribution is -2.06. The van der Waals surface area contributed by atoms with Gasteiger partial charge in [-0.2, -0.15) is 0 Å². The van der Waals surface area contributed by atoms with E-state index in [0.717, 1.165) is 44.9 Å². The number of aromatic nitrogens is 5. The minimum absolute atomic E-state index is 0.533. The van der Waals surface area contributed by atoms with Gasteiger partial charge in [0.15, 0.2) is 11.6 Å². The largest absolute Gasteiger partial charge is 0.309 e. The van der Waals surface area contributed by atoms with Gasteiger partial charge in [0.1, 0.15) is 5.82 Å². The molecule has 8 aromatic carbocycles. The molecular weight excluding hydrogens is 671 g/mol. The minimum atomic E-state index is 0.533. The van der Waals surface area contributed by atoms with Crippen LogP contribution in [0.5, 0.6) is 0 Å². The summed E-state index contributed by atoms with van der Waals surface area (Å²) in [5, 5.41) is 7.45. The van der Waals surface area contributed by atoms with Gasteiger partial charge in [-0.15, -0.1) is 0 Å². The van der Waals surface area contributed by atoms with Crippen molar-refractivity contribution < 1.29 is 0 Å². The molecule has 0 N–H and O–H groups in total. The van der Waals surface area contributed by atoms with E-state index in [1.807, 2.05) is 36.4 Å². The molecule has 0 aliphatic heterocycles. The van der Waals surface area contributed by atoms with E-state index in [9.17, 15) is 0 Å². The zero-order chi connectivity index (χ0) is 36.3. The van der Waals surface area contributed by atoms with Crippen molar-refractivity contribution in [3.8, 4) is 34.2 Å². The Kier molecular flexibility index (Phi) is 7.17. The van der Waals surface area contributed by atoms with Crippen LogP contribution in [0.25, 0.3) is 88.5 Å². The maximum atomic E-state index is 5.07. The molecule has 0 amide bonds. The third-order valence-corrected chi connectivity index (χ3v) is 10.8. The number of benzene rings is 8. The van der Waals surface area contributed by atoms with Crippen molar-refractivity contribution in [2.45, 2.75) is 6.42 Å². The van der Waals surface area contributed by atoms with Gasteiger partial charge in [-0.05, 0) is 58.8 Å². The first-order valence-electron chi connectivity index (χ1n) is 18.7. The van der Waals surface area contributed by atoms with Crippen LogP contribution in [0.4, 0.5) is 0 Å². The molecule has 0 spiro atoms. The molecule has 3 heterocycles. The van der Waals surface area contributed by atoms with Gasteiger partial charge in [0.2, 0.25) is 0 Å². The highest BCUT2D eigenvalue weighted by atomic mass is 15.0. The van der Waals surface area contributed by atoms with Crippen molar-refractivity contribution >= 4 is 54.4 Å². The van der Waals surface area contributed by atoms with Crippen molar-refractivity contribution in [2.75, 3.05) is 0 Å².